The summed E-state index contributed by atoms with van der Waals surface area (Å²) in [4.78, 5) is 58.6. The van der Waals surface area contributed by atoms with Crippen molar-refractivity contribution < 1.29 is 28.8 Å². The van der Waals surface area contributed by atoms with Crippen LogP contribution < -0.4 is 21.0 Å². The summed E-state index contributed by atoms with van der Waals surface area (Å²) in [6.45, 7) is 6.95. The first kappa shape index (κ1) is 30.4. The van der Waals surface area contributed by atoms with Crippen LogP contribution in [0.25, 0.3) is 0 Å². The number of amidine groups is 1. The van der Waals surface area contributed by atoms with E-state index >= 15 is 0 Å². The van der Waals surface area contributed by atoms with Crippen LogP contribution in [0.5, 0.6) is 0 Å². The van der Waals surface area contributed by atoms with Crippen molar-refractivity contribution in [1.82, 2.24) is 25.9 Å². The van der Waals surface area contributed by atoms with Gasteiger partial charge in [0.2, 0.25) is 5.91 Å². The lowest BCUT2D eigenvalue weighted by Gasteiger charge is -2.20. The molecule has 1 atom stereocenters. The summed E-state index contributed by atoms with van der Waals surface area (Å²) in [6.07, 6.45) is -0.157. The maximum Gasteiger partial charge on any atom is 0.433 e. The molecule has 0 saturated carbocycles. The maximum atomic E-state index is 12.8. The average molecular weight is 534 g/mol. The fourth-order valence-corrected chi connectivity index (χ4v) is 3.43. The van der Waals surface area contributed by atoms with E-state index in [-0.39, 0.29) is 24.7 Å². The number of carbonyl (C=O) groups excluding carboxylic acids is 4. The van der Waals surface area contributed by atoms with Crippen molar-refractivity contribution in [2.24, 2.45) is 0 Å². The standard InChI is InChI=1S/C25H39N7O6/c1-25(2,3)37-20(33)11-13-27-23(35)28-19-12-14-32(22(19)34)18-9-7-17(8-10-18)21(26)29-38-24(36)31(6)16-15-30(4)5/h7-10,19H,11-16H2,1-6H3,(H2,26,29)(H2,27,28,35)/t19-/m0/s1. The normalized spacial score (nSPS) is 15.2. The van der Waals surface area contributed by atoms with Gasteiger partial charge in [0, 0.05) is 44.5 Å². The predicted molar refractivity (Wildman–Crippen MR) is 142 cm³/mol. The van der Waals surface area contributed by atoms with Crippen LogP contribution >= 0.6 is 0 Å². The molecule has 13 nitrogen and oxygen atoms in total. The first-order chi connectivity index (χ1) is 17.8. The van der Waals surface area contributed by atoms with E-state index in [0.29, 0.717) is 37.3 Å². The van der Waals surface area contributed by atoms with Crippen molar-refractivity contribution in [2.75, 3.05) is 52.2 Å². The average Bonchev–Trinajstić information content (AvgIpc) is 3.19. The van der Waals surface area contributed by atoms with Gasteiger partial charge in [-0.15, -0.1) is 0 Å². The highest BCUT2D eigenvalue weighted by Gasteiger charge is 2.33. The molecule has 0 unspecified atom stereocenters. The number of carbonyl (C=O) groups is 4. The van der Waals surface area contributed by atoms with Crippen LogP contribution in [0.2, 0.25) is 0 Å². The Morgan fingerprint density at radius 1 is 1.11 bits per heavy atom. The van der Waals surface area contributed by atoms with E-state index in [9.17, 15) is 19.2 Å². The molecule has 2 rings (SSSR count). The molecule has 1 aliphatic heterocycles. The van der Waals surface area contributed by atoms with Crippen LogP contribution in [-0.2, 0) is 19.2 Å². The number of nitrogens with zero attached hydrogens (tertiary/aromatic N) is 3. The molecule has 1 fully saturated rings. The largest absolute Gasteiger partial charge is 0.460 e. The summed E-state index contributed by atoms with van der Waals surface area (Å²) >= 11 is 0. The lowest BCUT2D eigenvalue weighted by molar-refractivity contribution is -0.154. The van der Waals surface area contributed by atoms with E-state index in [1.807, 2.05) is 19.0 Å². The lowest BCUT2D eigenvalue weighted by atomic mass is 10.2. The van der Waals surface area contributed by atoms with Crippen LogP contribution in [0.4, 0.5) is 15.3 Å². The Balaban J connectivity index is 1.80. The number of urea groups is 1. The molecule has 1 saturated heterocycles. The SMILES string of the molecule is CN(C)CCN(C)C(=O)ONC(=N)c1ccc(N2CC[C@H](NC(=O)NCCC(=O)OC(C)(C)C)C2=O)cc1. The van der Waals surface area contributed by atoms with Gasteiger partial charge in [-0.2, -0.15) is 5.48 Å². The number of esters is 1. The molecule has 1 aliphatic rings. The lowest BCUT2D eigenvalue weighted by Crippen LogP contribution is -2.46. The highest BCUT2D eigenvalue weighted by Crippen LogP contribution is 2.22. The topological polar surface area (TPSA) is 156 Å². The zero-order valence-corrected chi connectivity index (χ0v) is 22.9. The molecule has 38 heavy (non-hydrogen) atoms. The van der Waals surface area contributed by atoms with Crippen LogP contribution in [0.3, 0.4) is 0 Å². The van der Waals surface area contributed by atoms with Crippen molar-refractivity contribution in [3.63, 3.8) is 0 Å². The Bertz CT molecular complexity index is 1010. The molecule has 13 heteroatoms. The summed E-state index contributed by atoms with van der Waals surface area (Å²) in [5, 5.41) is 13.3. The third kappa shape index (κ3) is 9.88. The van der Waals surface area contributed by atoms with Crippen LogP contribution in [-0.4, -0.2) is 98.6 Å². The van der Waals surface area contributed by atoms with Gasteiger partial charge in [0.05, 0.1) is 6.42 Å². The van der Waals surface area contributed by atoms with Crippen molar-refractivity contribution in [1.29, 1.82) is 5.41 Å². The second-order valence-corrected chi connectivity index (χ2v) is 10.2. The number of ether oxygens (including phenoxy) is 1. The molecule has 0 aromatic heterocycles. The second-order valence-electron chi connectivity index (χ2n) is 10.2. The summed E-state index contributed by atoms with van der Waals surface area (Å²) < 4.78 is 5.19. The van der Waals surface area contributed by atoms with Crippen molar-refractivity contribution in [3.8, 4) is 0 Å². The van der Waals surface area contributed by atoms with E-state index in [2.05, 4.69) is 16.1 Å². The van der Waals surface area contributed by atoms with Gasteiger partial charge in [-0.3, -0.25) is 15.0 Å². The molecule has 0 radical (unpaired) electrons. The van der Waals surface area contributed by atoms with E-state index in [1.165, 1.54) is 4.90 Å². The molecule has 1 aromatic rings. The number of nitrogens with one attached hydrogen (secondary N) is 4. The highest BCUT2D eigenvalue weighted by molar-refractivity contribution is 6.02. The van der Waals surface area contributed by atoms with Crippen molar-refractivity contribution in [2.45, 2.75) is 45.3 Å². The third-order valence-electron chi connectivity index (χ3n) is 5.45. The van der Waals surface area contributed by atoms with Gasteiger partial charge in [0.25, 0.3) is 0 Å². The quantitative estimate of drug-likeness (QED) is 0.160. The minimum atomic E-state index is -0.694. The van der Waals surface area contributed by atoms with Gasteiger partial charge < -0.3 is 34.9 Å². The summed E-state index contributed by atoms with van der Waals surface area (Å²) in [6, 6.07) is 5.39. The molecule has 0 aliphatic carbocycles. The summed E-state index contributed by atoms with van der Waals surface area (Å²) in [5.41, 5.74) is 2.82. The minimum absolute atomic E-state index is 0.0258. The van der Waals surface area contributed by atoms with Crippen LogP contribution in [0.15, 0.2) is 24.3 Å². The second kappa shape index (κ2) is 13.6. The summed E-state index contributed by atoms with van der Waals surface area (Å²) in [7, 11) is 5.41. The number of rotatable bonds is 9. The van der Waals surface area contributed by atoms with Gasteiger partial charge in [-0.1, -0.05) is 0 Å². The van der Waals surface area contributed by atoms with E-state index in [1.54, 1.807) is 57.0 Å². The molecule has 4 N–H and O–H groups in total. The molecule has 0 spiro atoms. The molecular weight excluding hydrogens is 494 g/mol. The molecule has 210 valence electrons. The maximum absolute atomic E-state index is 12.8. The Labute approximate surface area is 223 Å². The monoisotopic (exact) mass is 533 g/mol. The van der Waals surface area contributed by atoms with E-state index in [4.69, 9.17) is 15.0 Å². The molecule has 0 bridgehead atoms. The smallest absolute Gasteiger partial charge is 0.433 e. The number of anilines is 1. The van der Waals surface area contributed by atoms with Crippen LogP contribution in [0, 0.1) is 5.41 Å². The number of hydroxylamine groups is 1. The Kier molecular flexibility index (Phi) is 10.9. The first-order valence-electron chi connectivity index (χ1n) is 12.4. The van der Waals surface area contributed by atoms with Crippen molar-refractivity contribution in [3.05, 3.63) is 29.8 Å². The van der Waals surface area contributed by atoms with Gasteiger partial charge >= 0.3 is 18.1 Å². The van der Waals surface area contributed by atoms with E-state index in [0.717, 1.165) is 0 Å². The third-order valence-corrected chi connectivity index (χ3v) is 5.45. The number of amides is 4. The Morgan fingerprint density at radius 2 is 1.76 bits per heavy atom. The van der Waals surface area contributed by atoms with Gasteiger partial charge in [0.15, 0.2) is 5.84 Å². The number of hydrogen-bond donors (Lipinski definition) is 4. The molecule has 1 aromatic carbocycles. The molecule has 1 heterocycles. The van der Waals surface area contributed by atoms with Gasteiger partial charge in [0.1, 0.15) is 11.6 Å². The molecule has 4 amide bonds. The Hall–Kier alpha value is -3.87. The van der Waals surface area contributed by atoms with Gasteiger partial charge in [-0.05, 0) is 65.6 Å². The first-order valence-corrected chi connectivity index (χ1v) is 12.4. The Morgan fingerprint density at radius 3 is 2.37 bits per heavy atom. The zero-order valence-electron chi connectivity index (χ0n) is 22.9. The summed E-state index contributed by atoms with van der Waals surface area (Å²) in [5.74, 6) is -0.790. The predicted octanol–water partition coefficient (Wildman–Crippen LogP) is 1.28. The fraction of sp³-hybridized carbons (Fsp3) is 0.560. The van der Waals surface area contributed by atoms with Crippen molar-refractivity contribution >= 4 is 35.5 Å². The number of hydrogen-bond acceptors (Lipinski definition) is 8. The highest BCUT2D eigenvalue weighted by atomic mass is 16.7. The number of likely N-dealkylation sites (N-methyl/N-ethyl adjacent to an activating group) is 2. The van der Waals surface area contributed by atoms with Crippen LogP contribution in [0.1, 0.15) is 39.2 Å². The zero-order chi connectivity index (χ0) is 28.5. The fourth-order valence-electron chi connectivity index (χ4n) is 3.43. The molecular formula is C25H39N7O6. The van der Waals surface area contributed by atoms with E-state index < -0.39 is 29.7 Å². The minimum Gasteiger partial charge on any atom is -0.460 e. The number of benzene rings is 1. The van der Waals surface area contributed by atoms with Gasteiger partial charge in [-0.25, -0.2) is 9.59 Å².